The highest BCUT2D eigenvalue weighted by molar-refractivity contribution is 5.91. The molecule has 0 aliphatic carbocycles. The zero-order valence-corrected chi connectivity index (χ0v) is 14.8. The van der Waals surface area contributed by atoms with Gasteiger partial charge in [-0.05, 0) is 12.0 Å². The number of carbonyl (C=O) groups is 1. The van der Waals surface area contributed by atoms with Crippen LogP contribution in [0.3, 0.4) is 0 Å². The lowest BCUT2D eigenvalue weighted by Gasteiger charge is -2.19. The van der Waals surface area contributed by atoms with Crippen LogP contribution in [0.5, 0.6) is 0 Å². The monoisotopic (exact) mass is 364 g/mol. The van der Waals surface area contributed by atoms with Crippen LogP contribution in [0.15, 0.2) is 47.5 Å². The summed E-state index contributed by atoms with van der Waals surface area (Å²) in [6.45, 7) is 1.76. The minimum absolute atomic E-state index is 0.184. The van der Waals surface area contributed by atoms with Gasteiger partial charge in [0, 0.05) is 38.7 Å². The Hall–Kier alpha value is -3.29. The van der Waals surface area contributed by atoms with E-state index in [4.69, 9.17) is 0 Å². The highest BCUT2D eigenvalue weighted by atomic mass is 16.2. The summed E-state index contributed by atoms with van der Waals surface area (Å²) in [6.07, 6.45) is 4.85. The van der Waals surface area contributed by atoms with Gasteiger partial charge >= 0.3 is 0 Å². The molecule has 0 saturated carbocycles. The number of amides is 1. The van der Waals surface area contributed by atoms with Crippen LogP contribution in [0.4, 0.5) is 0 Å². The lowest BCUT2D eigenvalue weighted by Crippen LogP contribution is -2.34. The van der Waals surface area contributed by atoms with Crippen molar-refractivity contribution in [3.05, 3.63) is 76.0 Å². The summed E-state index contributed by atoms with van der Waals surface area (Å²) in [7, 11) is 0. The molecule has 0 atom stereocenters. The predicted octanol–water partition coefficient (Wildman–Crippen LogP) is 0.845. The number of carbonyl (C=O) groups excluding carboxylic acids is 1. The summed E-state index contributed by atoms with van der Waals surface area (Å²) in [5.74, 6) is 1.67. The number of fused-ring (bicyclic) bond motifs is 1. The van der Waals surface area contributed by atoms with Crippen LogP contribution in [-0.4, -0.2) is 48.6 Å². The minimum atomic E-state index is -0.323. The molecule has 8 nitrogen and oxygen atoms in total. The van der Waals surface area contributed by atoms with Gasteiger partial charge < -0.3 is 14.5 Å². The topological polar surface area (TPSA) is 96.8 Å². The summed E-state index contributed by atoms with van der Waals surface area (Å²) in [5, 5.41) is 8.67. The van der Waals surface area contributed by atoms with Crippen molar-refractivity contribution in [3.63, 3.8) is 0 Å². The molecule has 1 aliphatic rings. The van der Waals surface area contributed by atoms with Crippen LogP contribution >= 0.6 is 0 Å². The smallest absolute Gasteiger partial charge is 0.274 e. The Morgan fingerprint density at radius 2 is 1.93 bits per heavy atom. The predicted molar refractivity (Wildman–Crippen MR) is 98.3 cm³/mol. The molecular formula is C19H20N6O2. The van der Waals surface area contributed by atoms with Gasteiger partial charge in [0.25, 0.3) is 11.5 Å². The van der Waals surface area contributed by atoms with E-state index >= 15 is 0 Å². The van der Waals surface area contributed by atoms with Crippen molar-refractivity contribution < 1.29 is 4.79 Å². The first-order valence-corrected chi connectivity index (χ1v) is 8.99. The fourth-order valence-electron chi connectivity index (χ4n) is 3.29. The molecule has 1 aromatic carbocycles. The fraction of sp³-hybridized carbons (Fsp3) is 0.316. The molecule has 1 amide bonds. The van der Waals surface area contributed by atoms with Crippen molar-refractivity contribution >= 4 is 5.91 Å². The maximum absolute atomic E-state index is 12.6. The maximum atomic E-state index is 12.6. The summed E-state index contributed by atoms with van der Waals surface area (Å²) in [4.78, 5) is 31.9. The molecule has 0 spiro atoms. The van der Waals surface area contributed by atoms with Gasteiger partial charge in [0.15, 0.2) is 0 Å². The van der Waals surface area contributed by atoms with Gasteiger partial charge in [-0.25, -0.2) is 4.98 Å². The molecule has 1 aliphatic heterocycles. The van der Waals surface area contributed by atoms with E-state index in [0.717, 1.165) is 30.7 Å². The van der Waals surface area contributed by atoms with Crippen molar-refractivity contribution in [2.24, 2.45) is 0 Å². The van der Waals surface area contributed by atoms with Crippen LogP contribution in [0.25, 0.3) is 0 Å². The van der Waals surface area contributed by atoms with Gasteiger partial charge in [0.2, 0.25) is 0 Å². The van der Waals surface area contributed by atoms with Crippen LogP contribution in [0, 0.1) is 0 Å². The number of hydrogen-bond acceptors (Lipinski definition) is 5. The van der Waals surface area contributed by atoms with Crippen LogP contribution in [0.1, 0.15) is 27.7 Å². The highest BCUT2D eigenvalue weighted by Crippen LogP contribution is 2.13. The zero-order valence-electron chi connectivity index (χ0n) is 14.8. The van der Waals surface area contributed by atoms with Crippen molar-refractivity contribution in [1.29, 1.82) is 0 Å². The summed E-state index contributed by atoms with van der Waals surface area (Å²) in [6, 6.07) is 10.3. The van der Waals surface area contributed by atoms with Gasteiger partial charge in [-0.3, -0.25) is 9.59 Å². The van der Waals surface area contributed by atoms with E-state index < -0.39 is 0 Å². The van der Waals surface area contributed by atoms with E-state index in [-0.39, 0.29) is 17.2 Å². The SMILES string of the molecule is O=C(c1c[nH]c(=O)cn1)N1CCc2nnc(CCc3ccccc3)n2CC1. The normalized spacial score (nSPS) is 13.9. The van der Waals surface area contributed by atoms with E-state index in [0.29, 0.717) is 26.1 Å². The van der Waals surface area contributed by atoms with Gasteiger partial charge in [0.05, 0.1) is 6.20 Å². The Kier molecular flexibility index (Phi) is 4.78. The lowest BCUT2D eigenvalue weighted by atomic mass is 10.1. The molecule has 1 N–H and O–H groups in total. The second-order valence-corrected chi connectivity index (χ2v) is 6.51. The van der Waals surface area contributed by atoms with E-state index in [9.17, 15) is 9.59 Å². The number of H-pyrrole nitrogens is 1. The molecule has 0 saturated heterocycles. The number of nitrogens with zero attached hydrogens (tertiary/aromatic N) is 5. The average Bonchev–Trinajstić information content (AvgIpc) is 2.96. The lowest BCUT2D eigenvalue weighted by molar-refractivity contribution is 0.0752. The van der Waals surface area contributed by atoms with Gasteiger partial charge in [-0.2, -0.15) is 0 Å². The molecule has 138 valence electrons. The van der Waals surface area contributed by atoms with E-state index in [2.05, 4.69) is 36.9 Å². The Bertz CT molecular complexity index is 974. The third-order valence-corrected chi connectivity index (χ3v) is 4.76. The third kappa shape index (κ3) is 3.79. The molecule has 8 heteroatoms. The molecule has 0 radical (unpaired) electrons. The maximum Gasteiger partial charge on any atom is 0.274 e. The first-order chi connectivity index (χ1) is 13.2. The summed E-state index contributed by atoms with van der Waals surface area (Å²) >= 11 is 0. The third-order valence-electron chi connectivity index (χ3n) is 4.76. The Labute approximate surface area is 155 Å². The zero-order chi connectivity index (χ0) is 18.6. The summed E-state index contributed by atoms with van der Waals surface area (Å²) < 4.78 is 2.12. The van der Waals surface area contributed by atoms with Crippen LogP contribution < -0.4 is 5.56 Å². The number of nitrogens with one attached hydrogen (secondary N) is 1. The molecule has 0 fully saturated rings. The Morgan fingerprint density at radius 1 is 1.07 bits per heavy atom. The van der Waals surface area contributed by atoms with Gasteiger partial charge in [0.1, 0.15) is 17.3 Å². The number of aromatic amines is 1. The second-order valence-electron chi connectivity index (χ2n) is 6.51. The number of hydrogen-bond donors (Lipinski definition) is 1. The number of benzene rings is 1. The van der Waals surface area contributed by atoms with Crippen LogP contribution in [0.2, 0.25) is 0 Å². The number of aryl methyl sites for hydroxylation is 2. The average molecular weight is 364 g/mol. The fourth-order valence-corrected chi connectivity index (χ4v) is 3.29. The van der Waals surface area contributed by atoms with Crippen molar-refractivity contribution in [2.75, 3.05) is 13.1 Å². The Balaban J connectivity index is 1.44. The highest BCUT2D eigenvalue weighted by Gasteiger charge is 2.23. The Morgan fingerprint density at radius 3 is 2.70 bits per heavy atom. The molecule has 3 heterocycles. The van der Waals surface area contributed by atoms with E-state index in [1.54, 1.807) is 4.90 Å². The number of aromatic nitrogens is 5. The second kappa shape index (κ2) is 7.53. The summed E-state index contributed by atoms with van der Waals surface area (Å²) in [5.41, 5.74) is 1.19. The molecule has 0 unspecified atom stereocenters. The van der Waals surface area contributed by atoms with Gasteiger partial charge in [-0.15, -0.1) is 10.2 Å². The minimum Gasteiger partial charge on any atom is -0.335 e. The molecule has 3 aromatic rings. The van der Waals surface area contributed by atoms with E-state index in [1.807, 2.05) is 18.2 Å². The van der Waals surface area contributed by atoms with Crippen molar-refractivity contribution in [3.8, 4) is 0 Å². The van der Waals surface area contributed by atoms with Crippen molar-refractivity contribution in [1.82, 2.24) is 29.6 Å². The molecule has 0 bridgehead atoms. The molecule has 4 rings (SSSR count). The van der Waals surface area contributed by atoms with Crippen LogP contribution in [-0.2, 0) is 25.8 Å². The largest absolute Gasteiger partial charge is 0.335 e. The first kappa shape index (κ1) is 17.1. The quantitative estimate of drug-likeness (QED) is 0.740. The van der Waals surface area contributed by atoms with Crippen molar-refractivity contribution in [2.45, 2.75) is 25.8 Å². The molecule has 2 aromatic heterocycles. The first-order valence-electron chi connectivity index (χ1n) is 8.99. The molecular weight excluding hydrogens is 344 g/mol. The van der Waals surface area contributed by atoms with E-state index in [1.165, 1.54) is 11.8 Å². The van der Waals surface area contributed by atoms with Gasteiger partial charge in [-0.1, -0.05) is 30.3 Å². The standard InChI is InChI=1S/C19H20N6O2/c26-18-13-20-15(12-21-18)19(27)24-9-8-17-23-22-16(25(17)11-10-24)7-6-14-4-2-1-3-5-14/h1-5,12-13H,6-11H2,(H,21,26). The number of rotatable bonds is 4. The molecule has 27 heavy (non-hydrogen) atoms.